The van der Waals surface area contributed by atoms with Crippen LogP contribution < -0.4 is 9.47 Å². The van der Waals surface area contributed by atoms with E-state index in [0.29, 0.717) is 22.3 Å². The molecule has 2 aliphatic carbocycles. The largest absolute Gasteiger partial charge is 0.508 e. The van der Waals surface area contributed by atoms with Crippen LogP contribution in [0.1, 0.15) is 47.0 Å². The molecule has 4 aromatic rings. The Hall–Kier alpha value is -6.58. The maximum Gasteiger partial charge on any atom is 0.344 e. The molecule has 0 saturated heterocycles. The Bertz CT molecular complexity index is 1800. The number of nitrogens with zero attached hydrogens (tertiary/aromatic N) is 3. The van der Waals surface area contributed by atoms with E-state index in [0.717, 1.165) is 22.3 Å². The third-order valence-electron chi connectivity index (χ3n) is 6.90. The molecule has 0 amide bonds. The lowest BCUT2D eigenvalue weighted by Crippen LogP contribution is -2.10. The number of hydrogen-bond acceptors (Lipinski definition) is 13. The number of hydrogen-bond donors (Lipinski definition) is 2. The highest BCUT2D eigenvalue weighted by molar-refractivity contribution is 6.22. The van der Waals surface area contributed by atoms with Crippen LogP contribution in [0.3, 0.4) is 0 Å². The van der Waals surface area contributed by atoms with Gasteiger partial charge in [0.15, 0.2) is 11.9 Å². The van der Waals surface area contributed by atoms with Gasteiger partial charge in [0.2, 0.25) is 6.54 Å². The molecule has 248 valence electrons. The highest BCUT2D eigenvalue weighted by atomic mass is 16.7. The van der Waals surface area contributed by atoms with Gasteiger partial charge >= 0.3 is 19.4 Å². The first-order chi connectivity index (χ1) is 22.8. The number of ketones is 1. The molecule has 0 unspecified atom stereocenters. The van der Waals surface area contributed by atoms with Gasteiger partial charge < -0.3 is 24.4 Å². The van der Waals surface area contributed by atoms with Crippen LogP contribution in [0.15, 0.2) is 72.8 Å². The Morgan fingerprint density at radius 1 is 0.667 bits per heavy atom. The minimum Gasteiger partial charge on any atom is -0.508 e. The highest BCUT2D eigenvalue weighted by Gasteiger charge is 2.32. The van der Waals surface area contributed by atoms with E-state index in [9.17, 15) is 50.1 Å². The first-order valence-electron chi connectivity index (χ1n) is 14.1. The molecule has 2 N–H and O–H groups in total. The Balaban J connectivity index is 0.000000208. The van der Waals surface area contributed by atoms with Crippen LogP contribution in [0.25, 0.3) is 22.3 Å². The molecular formula is C32H27N3O13. The molecule has 0 fully saturated rings. The third-order valence-corrected chi connectivity index (χ3v) is 6.90. The number of benzene rings is 4. The van der Waals surface area contributed by atoms with Gasteiger partial charge in [-0.05, 0) is 82.9 Å². The van der Waals surface area contributed by atoms with Gasteiger partial charge in [-0.2, -0.15) is 0 Å². The van der Waals surface area contributed by atoms with Crippen LogP contribution in [0, 0.1) is 30.3 Å². The van der Waals surface area contributed by atoms with Gasteiger partial charge in [-0.15, -0.1) is 0 Å². The van der Waals surface area contributed by atoms with Crippen molar-refractivity contribution in [1.29, 1.82) is 0 Å². The number of fused-ring (bicyclic) bond motifs is 6. The summed E-state index contributed by atoms with van der Waals surface area (Å²) >= 11 is 0. The topological polar surface area (TPSA) is 232 Å². The molecule has 0 heterocycles. The number of carbonyl (C=O) groups excluding carboxylic acids is 2. The van der Waals surface area contributed by atoms with E-state index >= 15 is 0 Å². The summed E-state index contributed by atoms with van der Waals surface area (Å²) in [5, 5.41) is 48.8. The Kier molecular flexibility index (Phi) is 10.5. The number of rotatable bonds is 8. The molecule has 48 heavy (non-hydrogen) atoms. The number of nitro groups is 3. The third kappa shape index (κ3) is 7.97. The molecule has 16 heteroatoms. The van der Waals surface area contributed by atoms with Gasteiger partial charge in [0.05, 0.1) is 9.85 Å². The van der Waals surface area contributed by atoms with Crippen molar-refractivity contribution in [3.05, 3.63) is 125 Å². The maximum absolute atomic E-state index is 12.0. The molecule has 0 aromatic heterocycles. The molecule has 6 rings (SSSR count). The fourth-order valence-corrected chi connectivity index (χ4v) is 4.96. The zero-order valence-corrected chi connectivity index (χ0v) is 25.4. The average Bonchev–Trinajstić information content (AvgIpc) is 3.49. The van der Waals surface area contributed by atoms with Gasteiger partial charge in [-0.25, -0.2) is 0 Å². The number of phenols is 2. The number of carbonyl (C=O) groups is 2. The van der Waals surface area contributed by atoms with E-state index in [4.69, 9.17) is 14.2 Å². The number of esters is 1. The smallest absolute Gasteiger partial charge is 0.344 e. The Morgan fingerprint density at radius 2 is 1.06 bits per heavy atom. The van der Waals surface area contributed by atoms with E-state index < -0.39 is 35.4 Å². The van der Waals surface area contributed by atoms with Crippen LogP contribution in [-0.2, 0) is 9.53 Å². The van der Waals surface area contributed by atoms with Crippen LogP contribution in [0.5, 0.6) is 23.0 Å². The van der Waals surface area contributed by atoms with Crippen molar-refractivity contribution < 1.29 is 48.8 Å². The van der Waals surface area contributed by atoms with E-state index in [-0.39, 0.29) is 40.2 Å². The maximum atomic E-state index is 12.0. The fraction of sp³-hybridized carbons (Fsp3) is 0.188. The van der Waals surface area contributed by atoms with E-state index in [1.54, 1.807) is 60.7 Å². The number of phenolic OH excluding ortho intramolecular Hbond substituents is 2. The summed E-state index contributed by atoms with van der Waals surface area (Å²) in [6.07, 6.45) is -0.772. The average molecular weight is 662 g/mol. The van der Waals surface area contributed by atoms with Crippen molar-refractivity contribution in [2.45, 2.75) is 20.0 Å². The second-order valence-corrected chi connectivity index (χ2v) is 10.1. The Morgan fingerprint density at radius 3 is 1.42 bits per heavy atom. The summed E-state index contributed by atoms with van der Waals surface area (Å²) in [4.78, 5) is 52.1. The van der Waals surface area contributed by atoms with Gasteiger partial charge in [0.25, 0.3) is 0 Å². The molecule has 4 aromatic carbocycles. The van der Waals surface area contributed by atoms with Crippen molar-refractivity contribution in [1.82, 2.24) is 0 Å². The van der Waals surface area contributed by atoms with E-state index in [1.807, 2.05) is 0 Å². The number of ether oxygens (including phenoxy) is 3. The van der Waals surface area contributed by atoms with Crippen LogP contribution in [-0.4, -0.2) is 56.7 Å². The molecule has 0 bridgehead atoms. The molecular weight excluding hydrogens is 634 g/mol. The van der Waals surface area contributed by atoms with Crippen molar-refractivity contribution in [2.75, 3.05) is 20.0 Å². The highest BCUT2D eigenvalue weighted by Crippen LogP contribution is 2.48. The summed E-state index contributed by atoms with van der Waals surface area (Å²) in [6.45, 7) is 1.41. The summed E-state index contributed by atoms with van der Waals surface area (Å²) in [6, 6.07) is 19.2. The zero-order valence-electron chi connectivity index (χ0n) is 25.4. The second-order valence-electron chi connectivity index (χ2n) is 10.1. The molecule has 2 aliphatic rings. The summed E-state index contributed by atoms with van der Waals surface area (Å²) in [7, 11) is 0. The van der Waals surface area contributed by atoms with Gasteiger partial charge in [-0.1, -0.05) is 12.1 Å². The lowest BCUT2D eigenvalue weighted by Gasteiger charge is -2.15. The molecule has 0 atom stereocenters. The lowest BCUT2D eigenvalue weighted by molar-refractivity contribution is -0.514. The van der Waals surface area contributed by atoms with Crippen LogP contribution >= 0.6 is 0 Å². The van der Waals surface area contributed by atoms with Crippen molar-refractivity contribution >= 4 is 11.8 Å². The normalized spacial score (nSPS) is 11.7. The minimum absolute atomic E-state index is 0.0278. The fourth-order valence-electron chi connectivity index (χ4n) is 4.96. The quantitative estimate of drug-likeness (QED) is 0.0950. The first kappa shape index (κ1) is 34.3. The number of aromatic hydroxyl groups is 2. The van der Waals surface area contributed by atoms with Crippen molar-refractivity contribution in [2.24, 2.45) is 0 Å². The SMILES string of the molecule is CC(=O)OC1c2cc(OC[N+](=O)[O-])ccc2-c2ccc(OC[N+](=O)[O-])cc21.CC[N+](=O)[O-].O=C1c2cc(O)ccc2-c2ccc(O)cc21. The summed E-state index contributed by atoms with van der Waals surface area (Å²) in [5.74, 6) is -0.00227. The summed E-state index contributed by atoms with van der Waals surface area (Å²) in [5.41, 5.74) is 5.33. The predicted octanol–water partition coefficient (Wildman–Crippen LogP) is 5.14. The standard InChI is InChI=1S/C17H14N2O8.C13H8O3.C2H5NO2/c1-10(20)27-17-15-6-11(25-8-18(21)22)2-4-13(15)14-5-3-12(7-16(14)17)26-9-19(23)24;14-7-1-3-9-10-4-2-8(15)6-12(10)13(16)11(9)5-7;1-2-3(4)5/h2-7,17H,8-9H2,1H3;1-6,14-15H;2H2,1H3. The predicted molar refractivity (Wildman–Crippen MR) is 167 cm³/mol. The monoisotopic (exact) mass is 661 g/mol. The van der Waals surface area contributed by atoms with Crippen LogP contribution in [0.2, 0.25) is 0 Å². The Labute approximate surface area is 271 Å². The molecule has 0 spiro atoms. The molecule has 0 saturated carbocycles. The molecule has 0 aliphatic heterocycles. The summed E-state index contributed by atoms with van der Waals surface area (Å²) < 4.78 is 15.6. The lowest BCUT2D eigenvalue weighted by atomic mass is 10.1. The van der Waals surface area contributed by atoms with Crippen LogP contribution in [0.4, 0.5) is 0 Å². The van der Waals surface area contributed by atoms with E-state index in [2.05, 4.69) is 0 Å². The minimum atomic E-state index is -0.772. The van der Waals surface area contributed by atoms with Gasteiger partial charge in [0.1, 0.15) is 23.0 Å². The second kappa shape index (κ2) is 14.7. The molecule has 16 nitrogen and oxygen atoms in total. The zero-order chi connectivity index (χ0) is 35.1. The molecule has 0 radical (unpaired) electrons. The van der Waals surface area contributed by atoms with E-state index in [1.165, 1.54) is 26.0 Å². The first-order valence-corrected chi connectivity index (χ1v) is 14.1. The van der Waals surface area contributed by atoms with Crippen molar-refractivity contribution in [3.63, 3.8) is 0 Å². The van der Waals surface area contributed by atoms with Crippen molar-refractivity contribution in [3.8, 4) is 45.3 Å². The van der Waals surface area contributed by atoms with Gasteiger partial charge in [0, 0.05) is 41.0 Å². The van der Waals surface area contributed by atoms with Gasteiger partial charge in [-0.3, -0.25) is 39.9 Å².